The number of H-pyrrole nitrogens is 1. The second-order valence-electron chi connectivity index (χ2n) is 5.62. The van der Waals surface area contributed by atoms with Crippen LogP contribution in [0.25, 0.3) is 11.6 Å². The lowest BCUT2D eigenvalue weighted by atomic mass is 9.98. The highest BCUT2D eigenvalue weighted by molar-refractivity contribution is 6.35. The van der Waals surface area contributed by atoms with Gasteiger partial charge in [0.15, 0.2) is 5.78 Å². The number of halogens is 1. The number of carbonyl (C=O) groups is 2. The molecule has 2 N–H and O–H groups in total. The van der Waals surface area contributed by atoms with Crippen LogP contribution in [0, 0.1) is 5.82 Å². The molecule has 1 aromatic heterocycles. The minimum Gasteiger partial charge on any atom is -0.345 e. The van der Waals surface area contributed by atoms with Crippen molar-refractivity contribution in [3.8, 4) is 0 Å². The molecular weight excluding hydrogens is 321 g/mol. The summed E-state index contributed by atoms with van der Waals surface area (Å²) in [4.78, 5) is 31.6. The van der Waals surface area contributed by atoms with Crippen molar-refractivity contribution in [1.82, 2.24) is 9.97 Å². The van der Waals surface area contributed by atoms with E-state index in [9.17, 15) is 14.0 Å². The van der Waals surface area contributed by atoms with Gasteiger partial charge in [-0.15, -0.1) is 0 Å². The number of hydrogen-bond donors (Lipinski definition) is 2. The van der Waals surface area contributed by atoms with E-state index in [1.807, 2.05) is 0 Å². The molecule has 4 rings (SSSR count). The SMILES string of the molecule is O=C1Nc2ccc(C(=O)c3ccc(F)cc3)cc2/C1=C/c1cnc[nH]1. The molecule has 0 unspecified atom stereocenters. The first kappa shape index (κ1) is 15.0. The Balaban J connectivity index is 1.75. The number of amides is 1. The van der Waals surface area contributed by atoms with E-state index in [0.717, 1.165) is 0 Å². The van der Waals surface area contributed by atoms with Crippen LogP contribution in [-0.2, 0) is 4.79 Å². The predicted octanol–water partition coefficient (Wildman–Crippen LogP) is 3.27. The lowest BCUT2D eigenvalue weighted by Crippen LogP contribution is -2.03. The number of hydrogen-bond acceptors (Lipinski definition) is 3. The predicted molar refractivity (Wildman–Crippen MR) is 91.4 cm³/mol. The smallest absolute Gasteiger partial charge is 0.256 e. The van der Waals surface area contributed by atoms with Gasteiger partial charge in [-0.25, -0.2) is 9.37 Å². The van der Waals surface area contributed by atoms with Gasteiger partial charge in [0.25, 0.3) is 5.91 Å². The van der Waals surface area contributed by atoms with Crippen molar-refractivity contribution in [2.24, 2.45) is 0 Å². The van der Waals surface area contributed by atoms with E-state index in [1.54, 1.807) is 30.5 Å². The van der Waals surface area contributed by atoms with E-state index in [1.165, 1.54) is 30.6 Å². The van der Waals surface area contributed by atoms with Crippen LogP contribution in [0.5, 0.6) is 0 Å². The zero-order valence-electron chi connectivity index (χ0n) is 12.9. The van der Waals surface area contributed by atoms with Gasteiger partial charge < -0.3 is 10.3 Å². The zero-order chi connectivity index (χ0) is 17.4. The van der Waals surface area contributed by atoms with Gasteiger partial charge in [0.1, 0.15) is 5.82 Å². The van der Waals surface area contributed by atoms with Crippen molar-refractivity contribution < 1.29 is 14.0 Å². The molecule has 0 atom stereocenters. The Morgan fingerprint density at radius 3 is 2.56 bits per heavy atom. The summed E-state index contributed by atoms with van der Waals surface area (Å²) in [6.07, 6.45) is 4.81. The average Bonchev–Trinajstić information content (AvgIpc) is 3.23. The standard InChI is InChI=1S/C19H12FN3O2/c20-13-4-1-11(2-5-13)18(24)12-3-6-17-15(7-12)16(19(25)23-17)8-14-9-21-10-22-14/h1-10H,(H,21,22)(H,23,25)/b16-8-. The Morgan fingerprint density at radius 1 is 1.08 bits per heavy atom. The lowest BCUT2D eigenvalue weighted by Gasteiger charge is -2.04. The summed E-state index contributed by atoms with van der Waals surface area (Å²) in [5.74, 6) is -0.871. The van der Waals surface area contributed by atoms with Crippen LogP contribution >= 0.6 is 0 Å². The maximum Gasteiger partial charge on any atom is 0.256 e. The van der Waals surface area contributed by atoms with Gasteiger partial charge in [0, 0.05) is 22.4 Å². The summed E-state index contributed by atoms with van der Waals surface area (Å²) >= 11 is 0. The fourth-order valence-electron chi connectivity index (χ4n) is 2.74. The lowest BCUT2D eigenvalue weighted by molar-refractivity contribution is -0.110. The normalized spacial score (nSPS) is 14.4. The van der Waals surface area contributed by atoms with E-state index in [2.05, 4.69) is 15.3 Å². The van der Waals surface area contributed by atoms with Gasteiger partial charge in [-0.1, -0.05) is 0 Å². The molecule has 6 heteroatoms. The van der Waals surface area contributed by atoms with Gasteiger partial charge in [-0.3, -0.25) is 9.59 Å². The number of aromatic amines is 1. The second-order valence-corrected chi connectivity index (χ2v) is 5.62. The molecular formula is C19H12FN3O2. The Labute approximate surface area is 142 Å². The van der Waals surface area contributed by atoms with Crippen LogP contribution in [-0.4, -0.2) is 21.7 Å². The number of imidazole rings is 1. The number of benzene rings is 2. The second kappa shape index (κ2) is 5.83. The zero-order valence-corrected chi connectivity index (χ0v) is 12.9. The Hall–Kier alpha value is -3.54. The molecule has 5 nitrogen and oxygen atoms in total. The summed E-state index contributed by atoms with van der Waals surface area (Å²) in [5, 5.41) is 2.77. The van der Waals surface area contributed by atoms with Gasteiger partial charge in [0.2, 0.25) is 0 Å². The Morgan fingerprint density at radius 2 is 1.84 bits per heavy atom. The average molecular weight is 333 g/mol. The molecule has 0 saturated carbocycles. The van der Waals surface area contributed by atoms with Crippen LogP contribution in [0.1, 0.15) is 27.2 Å². The van der Waals surface area contributed by atoms with E-state index in [0.29, 0.717) is 33.6 Å². The number of nitrogens with zero attached hydrogens (tertiary/aromatic N) is 1. The van der Waals surface area contributed by atoms with Crippen LogP contribution in [0.3, 0.4) is 0 Å². The molecule has 1 amide bonds. The van der Waals surface area contributed by atoms with Crippen LogP contribution < -0.4 is 5.32 Å². The molecule has 3 aromatic rings. The maximum atomic E-state index is 13.0. The number of ketones is 1. The minimum atomic E-state index is -0.398. The minimum absolute atomic E-state index is 0.233. The molecule has 2 heterocycles. The van der Waals surface area contributed by atoms with Crippen LogP contribution in [0.2, 0.25) is 0 Å². The van der Waals surface area contributed by atoms with Crippen molar-refractivity contribution in [3.63, 3.8) is 0 Å². The summed E-state index contributed by atoms with van der Waals surface area (Å²) in [5.41, 5.74) is 3.25. The number of fused-ring (bicyclic) bond motifs is 1. The monoisotopic (exact) mass is 333 g/mol. The molecule has 0 bridgehead atoms. The van der Waals surface area contributed by atoms with Crippen molar-refractivity contribution in [3.05, 3.63) is 83.2 Å². The first-order chi connectivity index (χ1) is 12.1. The number of carbonyl (C=O) groups excluding carboxylic acids is 2. The number of nitrogens with one attached hydrogen (secondary N) is 2. The quantitative estimate of drug-likeness (QED) is 0.570. The highest BCUT2D eigenvalue weighted by Crippen LogP contribution is 2.34. The van der Waals surface area contributed by atoms with Gasteiger partial charge in [0.05, 0.1) is 23.8 Å². The van der Waals surface area contributed by atoms with Crippen molar-refractivity contribution in [2.45, 2.75) is 0 Å². The van der Waals surface area contributed by atoms with Crippen molar-refractivity contribution in [1.29, 1.82) is 0 Å². The third-order valence-electron chi connectivity index (χ3n) is 3.99. The molecule has 122 valence electrons. The van der Waals surface area contributed by atoms with Crippen molar-refractivity contribution in [2.75, 3.05) is 5.32 Å². The molecule has 0 aliphatic carbocycles. The highest BCUT2D eigenvalue weighted by atomic mass is 19.1. The maximum absolute atomic E-state index is 13.0. The van der Waals surface area contributed by atoms with Gasteiger partial charge in [-0.2, -0.15) is 0 Å². The summed E-state index contributed by atoms with van der Waals surface area (Å²) in [6, 6.07) is 10.4. The summed E-state index contributed by atoms with van der Waals surface area (Å²) < 4.78 is 13.0. The molecule has 0 radical (unpaired) electrons. The molecule has 2 aromatic carbocycles. The number of aromatic nitrogens is 2. The molecule has 25 heavy (non-hydrogen) atoms. The van der Waals surface area contributed by atoms with Crippen LogP contribution in [0.15, 0.2) is 55.0 Å². The molecule has 1 aliphatic heterocycles. The third kappa shape index (κ3) is 2.74. The topological polar surface area (TPSA) is 74.8 Å². The molecule has 1 aliphatic rings. The fourth-order valence-corrected chi connectivity index (χ4v) is 2.74. The number of anilines is 1. The summed E-state index contributed by atoms with van der Waals surface area (Å²) in [7, 11) is 0. The van der Waals surface area contributed by atoms with E-state index < -0.39 is 5.82 Å². The highest BCUT2D eigenvalue weighted by Gasteiger charge is 2.25. The van der Waals surface area contributed by atoms with Gasteiger partial charge in [-0.05, 0) is 48.5 Å². The van der Waals surface area contributed by atoms with Gasteiger partial charge >= 0.3 is 0 Å². The third-order valence-corrected chi connectivity index (χ3v) is 3.99. The summed E-state index contributed by atoms with van der Waals surface area (Å²) in [6.45, 7) is 0. The Bertz CT molecular complexity index is 1010. The molecule has 0 spiro atoms. The first-order valence-electron chi connectivity index (χ1n) is 7.58. The van der Waals surface area contributed by atoms with Crippen molar-refractivity contribution >= 4 is 29.0 Å². The largest absolute Gasteiger partial charge is 0.345 e. The molecule has 0 fully saturated rings. The van der Waals surface area contributed by atoms with Crippen LogP contribution in [0.4, 0.5) is 10.1 Å². The fraction of sp³-hybridized carbons (Fsp3) is 0. The molecule has 0 saturated heterocycles. The van der Waals surface area contributed by atoms with E-state index in [-0.39, 0.29) is 11.7 Å². The first-order valence-corrected chi connectivity index (χ1v) is 7.58. The number of rotatable bonds is 3. The van der Waals surface area contributed by atoms with E-state index in [4.69, 9.17) is 0 Å². The Kier molecular flexibility index (Phi) is 3.50. The van der Waals surface area contributed by atoms with E-state index >= 15 is 0 Å².